The molecular weight excluding hydrogens is 306 g/mol. The van der Waals surface area contributed by atoms with Gasteiger partial charge in [0.15, 0.2) is 0 Å². The van der Waals surface area contributed by atoms with Crippen LogP contribution in [0.1, 0.15) is 5.56 Å². The average molecular weight is 323 g/mol. The number of benzene rings is 2. The summed E-state index contributed by atoms with van der Waals surface area (Å²) in [7, 11) is 1.56. The number of nitrogens with two attached hydrogens (primary N) is 1. The first kappa shape index (κ1) is 15.5. The number of hydrogen-bond donors (Lipinski definition) is 3. The number of para-hydroxylation sites is 1. The van der Waals surface area contributed by atoms with Gasteiger partial charge in [-0.25, -0.2) is 9.78 Å². The molecule has 0 saturated heterocycles. The number of rotatable bonds is 5. The summed E-state index contributed by atoms with van der Waals surface area (Å²) in [6, 6.07) is 14.8. The monoisotopic (exact) mass is 323 g/mol. The van der Waals surface area contributed by atoms with Crippen LogP contribution in [0.2, 0.25) is 0 Å². The lowest BCUT2D eigenvalue weighted by Crippen LogP contribution is -2.21. The van der Waals surface area contributed by atoms with Crippen LogP contribution in [0.25, 0.3) is 10.9 Å². The number of nitrogens with zero attached hydrogens (tertiary/aromatic N) is 2. The highest BCUT2D eigenvalue weighted by Gasteiger charge is 2.12. The third kappa shape index (κ3) is 3.35. The number of fused-ring (bicyclic) bond motifs is 1. The number of primary amides is 1. The number of anilines is 2. The molecule has 7 heteroatoms. The fourth-order valence-corrected chi connectivity index (χ4v) is 2.37. The number of aromatic nitrogens is 2. The van der Waals surface area contributed by atoms with Crippen LogP contribution in [-0.2, 0) is 6.54 Å². The number of hydrogen-bond acceptors (Lipinski definition) is 5. The minimum absolute atomic E-state index is 0.120. The Morgan fingerprint density at radius 2 is 1.92 bits per heavy atom. The third-order valence-electron chi connectivity index (χ3n) is 3.45. The van der Waals surface area contributed by atoms with Crippen LogP contribution in [0.15, 0.2) is 48.5 Å². The Hall–Kier alpha value is -3.35. The topological polar surface area (TPSA) is 102 Å². The van der Waals surface area contributed by atoms with E-state index >= 15 is 0 Å². The molecule has 0 fully saturated rings. The molecule has 0 saturated carbocycles. The Balaban J connectivity index is 2.02. The van der Waals surface area contributed by atoms with Gasteiger partial charge in [0.05, 0.1) is 7.11 Å². The van der Waals surface area contributed by atoms with E-state index in [4.69, 9.17) is 10.5 Å². The highest BCUT2D eigenvalue weighted by Crippen LogP contribution is 2.29. The Kier molecular flexibility index (Phi) is 4.42. The maximum absolute atomic E-state index is 11.1. The summed E-state index contributed by atoms with van der Waals surface area (Å²) in [5, 5.41) is 6.47. The SMILES string of the molecule is COc1cccc2c(NCc3ccccc3)nc(NC(N)=O)nc12. The summed E-state index contributed by atoms with van der Waals surface area (Å²) >= 11 is 0. The van der Waals surface area contributed by atoms with Crippen molar-refractivity contribution in [2.45, 2.75) is 6.54 Å². The molecule has 0 bridgehead atoms. The number of ether oxygens (including phenoxy) is 1. The van der Waals surface area contributed by atoms with Crippen molar-refractivity contribution in [2.24, 2.45) is 5.73 Å². The highest BCUT2D eigenvalue weighted by atomic mass is 16.5. The number of amides is 2. The van der Waals surface area contributed by atoms with E-state index in [1.807, 2.05) is 42.5 Å². The van der Waals surface area contributed by atoms with Crippen molar-refractivity contribution in [1.82, 2.24) is 9.97 Å². The minimum Gasteiger partial charge on any atom is -0.494 e. The van der Waals surface area contributed by atoms with Crippen LogP contribution < -0.4 is 21.1 Å². The van der Waals surface area contributed by atoms with E-state index < -0.39 is 6.03 Å². The van der Waals surface area contributed by atoms with Crippen LogP contribution in [0, 0.1) is 0 Å². The lowest BCUT2D eigenvalue weighted by molar-refractivity contribution is 0.259. The summed E-state index contributed by atoms with van der Waals surface area (Å²) in [5.74, 6) is 1.30. The van der Waals surface area contributed by atoms with E-state index in [0.29, 0.717) is 23.6 Å². The van der Waals surface area contributed by atoms with Crippen molar-refractivity contribution >= 4 is 28.7 Å². The minimum atomic E-state index is -0.724. The van der Waals surface area contributed by atoms with E-state index in [1.165, 1.54) is 0 Å². The highest BCUT2D eigenvalue weighted by molar-refractivity contribution is 5.95. The zero-order valence-electron chi connectivity index (χ0n) is 13.1. The summed E-state index contributed by atoms with van der Waals surface area (Å²) in [6.07, 6.45) is 0. The third-order valence-corrected chi connectivity index (χ3v) is 3.45. The normalized spacial score (nSPS) is 10.4. The molecule has 1 aromatic heterocycles. The second-order valence-electron chi connectivity index (χ2n) is 5.08. The Labute approximate surface area is 138 Å². The van der Waals surface area contributed by atoms with Crippen LogP contribution in [-0.4, -0.2) is 23.1 Å². The van der Waals surface area contributed by atoms with Gasteiger partial charge in [0.2, 0.25) is 5.95 Å². The largest absolute Gasteiger partial charge is 0.494 e. The van der Waals surface area contributed by atoms with Gasteiger partial charge >= 0.3 is 6.03 Å². The molecule has 7 nitrogen and oxygen atoms in total. The molecule has 1 heterocycles. The Morgan fingerprint density at radius 1 is 1.12 bits per heavy atom. The van der Waals surface area contributed by atoms with Crippen LogP contribution >= 0.6 is 0 Å². The lowest BCUT2D eigenvalue weighted by Gasteiger charge is -2.12. The van der Waals surface area contributed by atoms with Gasteiger partial charge in [-0.3, -0.25) is 5.32 Å². The number of methoxy groups -OCH3 is 1. The Morgan fingerprint density at radius 3 is 2.62 bits per heavy atom. The summed E-state index contributed by atoms with van der Waals surface area (Å²) in [4.78, 5) is 19.8. The average Bonchev–Trinajstić information content (AvgIpc) is 2.59. The van der Waals surface area contributed by atoms with Crippen molar-refractivity contribution in [3.05, 3.63) is 54.1 Å². The van der Waals surface area contributed by atoms with E-state index in [2.05, 4.69) is 20.6 Å². The van der Waals surface area contributed by atoms with E-state index in [0.717, 1.165) is 10.9 Å². The molecule has 2 amide bonds. The van der Waals surface area contributed by atoms with Crippen molar-refractivity contribution in [3.8, 4) is 5.75 Å². The number of carbonyl (C=O) groups excluding carboxylic acids is 1. The van der Waals surface area contributed by atoms with Gasteiger partial charge < -0.3 is 15.8 Å². The van der Waals surface area contributed by atoms with Crippen molar-refractivity contribution in [2.75, 3.05) is 17.7 Å². The molecule has 0 aliphatic rings. The first-order valence-corrected chi connectivity index (χ1v) is 7.36. The maximum Gasteiger partial charge on any atom is 0.319 e. The summed E-state index contributed by atoms with van der Waals surface area (Å²) in [6.45, 7) is 0.584. The van der Waals surface area contributed by atoms with Gasteiger partial charge in [-0.05, 0) is 17.7 Å². The summed E-state index contributed by atoms with van der Waals surface area (Å²) < 4.78 is 5.34. The molecule has 24 heavy (non-hydrogen) atoms. The molecule has 3 aromatic rings. The molecule has 0 unspecified atom stereocenters. The first-order valence-electron chi connectivity index (χ1n) is 7.36. The molecule has 122 valence electrons. The number of nitrogens with one attached hydrogen (secondary N) is 2. The zero-order valence-corrected chi connectivity index (χ0v) is 13.1. The quantitative estimate of drug-likeness (QED) is 0.670. The van der Waals surface area contributed by atoms with Crippen molar-refractivity contribution in [3.63, 3.8) is 0 Å². The molecule has 3 rings (SSSR count). The fraction of sp³-hybridized carbons (Fsp3) is 0.118. The van der Waals surface area contributed by atoms with Crippen LogP contribution in [0.4, 0.5) is 16.6 Å². The summed E-state index contributed by atoms with van der Waals surface area (Å²) in [5.41, 5.74) is 6.87. The van der Waals surface area contributed by atoms with Crippen molar-refractivity contribution in [1.29, 1.82) is 0 Å². The molecule has 0 spiro atoms. The van der Waals surface area contributed by atoms with Gasteiger partial charge in [0, 0.05) is 11.9 Å². The van der Waals surface area contributed by atoms with Gasteiger partial charge in [-0.15, -0.1) is 0 Å². The molecule has 4 N–H and O–H groups in total. The number of carbonyl (C=O) groups is 1. The van der Waals surface area contributed by atoms with Gasteiger partial charge in [0.1, 0.15) is 17.1 Å². The zero-order chi connectivity index (χ0) is 16.9. The maximum atomic E-state index is 11.1. The Bertz CT molecular complexity index is 867. The van der Waals surface area contributed by atoms with E-state index in [9.17, 15) is 4.79 Å². The van der Waals surface area contributed by atoms with E-state index in [-0.39, 0.29) is 5.95 Å². The molecule has 0 radical (unpaired) electrons. The molecule has 0 aliphatic heterocycles. The van der Waals surface area contributed by atoms with Gasteiger partial charge in [-0.2, -0.15) is 4.98 Å². The van der Waals surface area contributed by atoms with Gasteiger partial charge in [0.25, 0.3) is 0 Å². The lowest BCUT2D eigenvalue weighted by atomic mass is 10.2. The second kappa shape index (κ2) is 6.82. The van der Waals surface area contributed by atoms with Gasteiger partial charge in [-0.1, -0.05) is 36.4 Å². The molecule has 0 aliphatic carbocycles. The predicted molar refractivity (Wildman–Crippen MR) is 93.1 cm³/mol. The van der Waals surface area contributed by atoms with E-state index in [1.54, 1.807) is 13.2 Å². The first-order chi connectivity index (χ1) is 11.7. The standard InChI is InChI=1S/C17H17N5O2/c1-24-13-9-5-8-12-14(13)20-17(22-16(18)23)21-15(12)19-10-11-6-3-2-4-7-11/h2-9H,10H2,1H3,(H4,18,19,20,21,22,23). The number of urea groups is 1. The fourth-order valence-electron chi connectivity index (χ4n) is 2.37. The molecule has 2 aromatic carbocycles. The smallest absolute Gasteiger partial charge is 0.319 e. The molecular formula is C17H17N5O2. The van der Waals surface area contributed by atoms with Crippen molar-refractivity contribution < 1.29 is 9.53 Å². The van der Waals surface area contributed by atoms with Crippen LogP contribution in [0.3, 0.4) is 0 Å². The molecule has 0 atom stereocenters. The van der Waals surface area contributed by atoms with Crippen LogP contribution in [0.5, 0.6) is 5.75 Å². The predicted octanol–water partition coefficient (Wildman–Crippen LogP) is 2.74. The second-order valence-corrected chi connectivity index (χ2v) is 5.08.